The lowest BCUT2D eigenvalue weighted by Crippen LogP contribution is -2.35. The van der Waals surface area contributed by atoms with Crippen LogP contribution in [0.1, 0.15) is 36.5 Å². The smallest absolute Gasteiger partial charge is 0.320 e. The van der Waals surface area contributed by atoms with Gasteiger partial charge in [0.2, 0.25) is 0 Å². The summed E-state index contributed by atoms with van der Waals surface area (Å²) in [5.41, 5.74) is 3.93. The van der Waals surface area contributed by atoms with Gasteiger partial charge in [0.15, 0.2) is 0 Å². The number of carbonyl (C=O) groups excluding carboxylic acids is 1. The molecule has 0 spiro atoms. The van der Waals surface area contributed by atoms with Crippen LogP contribution >= 0.6 is 0 Å². The molecule has 2 rings (SSSR count). The van der Waals surface area contributed by atoms with Crippen molar-refractivity contribution in [1.82, 2.24) is 9.80 Å². The number of fused-ring (bicyclic) bond motifs is 1. The van der Waals surface area contributed by atoms with Gasteiger partial charge in [-0.25, -0.2) is 4.79 Å². The SMILES string of the molecule is CC(C)c1ccc2c(c1)CN(C(=O)N(C)C)C2. The first-order chi connectivity index (χ1) is 7.99. The molecule has 0 saturated carbocycles. The lowest BCUT2D eigenvalue weighted by Gasteiger charge is -2.20. The van der Waals surface area contributed by atoms with E-state index in [1.165, 1.54) is 16.7 Å². The molecule has 0 aromatic heterocycles. The van der Waals surface area contributed by atoms with Crippen molar-refractivity contribution in [3.63, 3.8) is 0 Å². The van der Waals surface area contributed by atoms with Crippen molar-refractivity contribution < 1.29 is 4.79 Å². The van der Waals surface area contributed by atoms with E-state index < -0.39 is 0 Å². The van der Waals surface area contributed by atoms with Gasteiger partial charge in [-0.2, -0.15) is 0 Å². The predicted octanol–water partition coefficient (Wildman–Crippen LogP) is 2.81. The molecule has 92 valence electrons. The van der Waals surface area contributed by atoms with Gasteiger partial charge in [-0.1, -0.05) is 32.0 Å². The second kappa shape index (κ2) is 4.40. The fraction of sp³-hybridized carbons (Fsp3) is 0.500. The molecular formula is C14H20N2O. The van der Waals surface area contributed by atoms with Gasteiger partial charge in [-0.15, -0.1) is 0 Å². The fourth-order valence-electron chi connectivity index (χ4n) is 2.19. The van der Waals surface area contributed by atoms with E-state index in [1.807, 2.05) is 4.90 Å². The third-order valence-corrected chi connectivity index (χ3v) is 3.27. The average molecular weight is 232 g/mol. The van der Waals surface area contributed by atoms with Crippen LogP contribution in [0.4, 0.5) is 4.79 Å². The quantitative estimate of drug-likeness (QED) is 0.730. The van der Waals surface area contributed by atoms with Crippen LogP contribution in [0.3, 0.4) is 0 Å². The Kier molecular flexibility index (Phi) is 3.09. The van der Waals surface area contributed by atoms with Gasteiger partial charge in [0, 0.05) is 27.2 Å². The Morgan fingerprint density at radius 3 is 2.47 bits per heavy atom. The molecule has 1 aliphatic rings. The van der Waals surface area contributed by atoms with Gasteiger partial charge in [-0.05, 0) is 22.6 Å². The number of rotatable bonds is 1. The Morgan fingerprint density at radius 1 is 1.24 bits per heavy atom. The second-order valence-electron chi connectivity index (χ2n) is 5.22. The number of urea groups is 1. The zero-order chi connectivity index (χ0) is 12.6. The molecule has 3 heteroatoms. The number of hydrogen-bond donors (Lipinski definition) is 0. The zero-order valence-electron chi connectivity index (χ0n) is 11.0. The van der Waals surface area contributed by atoms with Crippen LogP contribution in [-0.4, -0.2) is 29.9 Å². The van der Waals surface area contributed by atoms with E-state index >= 15 is 0 Å². The number of amides is 2. The molecule has 1 aliphatic heterocycles. The molecule has 0 radical (unpaired) electrons. The van der Waals surface area contributed by atoms with Crippen molar-refractivity contribution >= 4 is 6.03 Å². The maximum absolute atomic E-state index is 11.9. The third-order valence-electron chi connectivity index (χ3n) is 3.27. The summed E-state index contributed by atoms with van der Waals surface area (Å²) in [4.78, 5) is 15.4. The van der Waals surface area contributed by atoms with Crippen molar-refractivity contribution in [2.45, 2.75) is 32.9 Å². The normalized spacial score (nSPS) is 14.1. The molecule has 0 aliphatic carbocycles. The summed E-state index contributed by atoms with van der Waals surface area (Å²) < 4.78 is 0. The van der Waals surface area contributed by atoms with Crippen LogP contribution in [-0.2, 0) is 13.1 Å². The molecular weight excluding hydrogens is 212 g/mol. The number of benzene rings is 1. The van der Waals surface area contributed by atoms with E-state index in [1.54, 1.807) is 19.0 Å². The lowest BCUT2D eigenvalue weighted by atomic mass is 9.99. The van der Waals surface area contributed by atoms with Crippen molar-refractivity contribution in [3.8, 4) is 0 Å². The average Bonchev–Trinajstić information content (AvgIpc) is 2.69. The monoisotopic (exact) mass is 232 g/mol. The summed E-state index contributed by atoms with van der Waals surface area (Å²) in [6, 6.07) is 6.66. The zero-order valence-corrected chi connectivity index (χ0v) is 11.0. The van der Waals surface area contributed by atoms with Crippen molar-refractivity contribution in [2.24, 2.45) is 0 Å². The van der Waals surface area contributed by atoms with Crippen LogP contribution in [0, 0.1) is 0 Å². The summed E-state index contributed by atoms with van der Waals surface area (Å²) in [5, 5.41) is 0. The van der Waals surface area contributed by atoms with Gasteiger partial charge in [0.05, 0.1) is 0 Å². The Morgan fingerprint density at radius 2 is 1.88 bits per heavy atom. The van der Waals surface area contributed by atoms with Crippen LogP contribution in [0.2, 0.25) is 0 Å². The number of carbonyl (C=O) groups is 1. The Bertz CT molecular complexity index is 438. The van der Waals surface area contributed by atoms with E-state index in [4.69, 9.17) is 0 Å². The van der Waals surface area contributed by atoms with E-state index in [0.29, 0.717) is 5.92 Å². The lowest BCUT2D eigenvalue weighted by molar-refractivity contribution is 0.171. The first-order valence-corrected chi connectivity index (χ1v) is 6.07. The molecule has 0 N–H and O–H groups in total. The predicted molar refractivity (Wildman–Crippen MR) is 68.9 cm³/mol. The molecule has 0 saturated heterocycles. The molecule has 0 fully saturated rings. The van der Waals surface area contributed by atoms with Gasteiger partial charge in [0.25, 0.3) is 0 Å². The van der Waals surface area contributed by atoms with E-state index in [0.717, 1.165) is 13.1 Å². The Balaban J connectivity index is 2.19. The minimum absolute atomic E-state index is 0.0901. The first kappa shape index (κ1) is 12.0. The molecule has 1 aromatic carbocycles. The van der Waals surface area contributed by atoms with Crippen LogP contribution in [0.25, 0.3) is 0 Å². The fourth-order valence-corrected chi connectivity index (χ4v) is 2.19. The highest BCUT2D eigenvalue weighted by molar-refractivity contribution is 5.74. The van der Waals surface area contributed by atoms with Crippen LogP contribution in [0.15, 0.2) is 18.2 Å². The minimum Gasteiger partial charge on any atom is -0.331 e. The van der Waals surface area contributed by atoms with Gasteiger partial charge < -0.3 is 9.80 Å². The molecule has 1 heterocycles. The van der Waals surface area contributed by atoms with Crippen molar-refractivity contribution in [2.75, 3.05) is 14.1 Å². The molecule has 3 nitrogen and oxygen atoms in total. The molecule has 17 heavy (non-hydrogen) atoms. The second-order valence-corrected chi connectivity index (χ2v) is 5.22. The maximum Gasteiger partial charge on any atom is 0.320 e. The highest BCUT2D eigenvalue weighted by atomic mass is 16.2. The standard InChI is InChI=1S/C14H20N2O/c1-10(2)11-5-6-12-8-16(9-13(12)7-11)14(17)15(3)4/h5-7,10H,8-9H2,1-4H3. The summed E-state index contributed by atoms with van der Waals surface area (Å²) in [5.74, 6) is 0.541. The van der Waals surface area contributed by atoms with E-state index in [-0.39, 0.29) is 6.03 Å². The highest BCUT2D eigenvalue weighted by Gasteiger charge is 2.24. The minimum atomic E-state index is 0.0901. The molecule has 0 atom stereocenters. The maximum atomic E-state index is 11.9. The molecule has 0 unspecified atom stereocenters. The Hall–Kier alpha value is -1.51. The van der Waals surface area contributed by atoms with Crippen LogP contribution in [0.5, 0.6) is 0 Å². The largest absolute Gasteiger partial charge is 0.331 e. The highest BCUT2D eigenvalue weighted by Crippen LogP contribution is 2.27. The van der Waals surface area contributed by atoms with Crippen molar-refractivity contribution in [1.29, 1.82) is 0 Å². The molecule has 2 amide bonds. The van der Waals surface area contributed by atoms with Gasteiger partial charge in [0.1, 0.15) is 0 Å². The van der Waals surface area contributed by atoms with E-state index in [9.17, 15) is 4.79 Å². The summed E-state index contributed by atoms with van der Waals surface area (Å²) in [7, 11) is 3.59. The summed E-state index contributed by atoms with van der Waals surface area (Å²) >= 11 is 0. The third kappa shape index (κ3) is 2.28. The topological polar surface area (TPSA) is 23.6 Å². The van der Waals surface area contributed by atoms with E-state index in [2.05, 4.69) is 32.0 Å². The Labute approximate surface area is 103 Å². The summed E-state index contributed by atoms with van der Waals surface area (Å²) in [6.07, 6.45) is 0. The summed E-state index contributed by atoms with van der Waals surface area (Å²) in [6.45, 7) is 5.87. The van der Waals surface area contributed by atoms with Crippen LogP contribution < -0.4 is 0 Å². The first-order valence-electron chi connectivity index (χ1n) is 6.07. The van der Waals surface area contributed by atoms with Crippen molar-refractivity contribution in [3.05, 3.63) is 34.9 Å². The van der Waals surface area contributed by atoms with Gasteiger partial charge in [-0.3, -0.25) is 0 Å². The van der Waals surface area contributed by atoms with Gasteiger partial charge >= 0.3 is 6.03 Å². The number of hydrogen-bond acceptors (Lipinski definition) is 1. The number of nitrogens with zero attached hydrogens (tertiary/aromatic N) is 2. The molecule has 1 aromatic rings. The molecule has 0 bridgehead atoms.